The van der Waals surface area contributed by atoms with Crippen LogP contribution in [0.2, 0.25) is 0 Å². The molecule has 2 aromatic heterocycles. The number of aryl methyl sites for hydroxylation is 2. The van der Waals surface area contributed by atoms with Gasteiger partial charge >= 0.3 is 0 Å². The lowest BCUT2D eigenvalue weighted by atomic mass is 10.0. The Morgan fingerprint density at radius 1 is 1.00 bits per heavy atom. The van der Waals surface area contributed by atoms with Crippen LogP contribution in [0.5, 0.6) is 0 Å². The van der Waals surface area contributed by atoms with Crippen LogP contribution >= 0.6 is 27.3 Å². The largest absolute Gasteiger partial charge is 0.340 e. The van der Waals surface area contributed by atoms with E-state index in [4.69, 9.17) is 0 Å². The van der Waals surface area contributed by atoms with Gasteiger partial charge in [-0.3, -0.25) is 0 Å². The predicted octanol–water partition coefficient (Wildman–Crippen LogP) is 6.48. The van der Waals surface area contributed by atoms with Crippen molar-refractivity contribution in [3.8, 4) is 11.1 Å². The van der Waals surface area contributed by atoms with Gasteiger partial charge in [0.1, 0.15) is 17.0 Å². The summed E-state index contributed by atoms with van der Waals surface area (Å²) in [5.74, 6) is 0.831. The average Bonchev–Trinajstić information content (AvgIpc) is 3.04. The zero-order valence-electron chi connectivity index (χ0n) is 13.9. The third-order valence-electron chi connectivity index (χ3n) is 4.17. The van der Waals surface area contributed by atoms with E-state index >= 15 is 0 Å². The summed E-state index contributed by atoms with van der Waals surface area (Å²) in [5.41, 5.74) is 5.80. The first-order valence-electron chi connectivity index (χ1n) is 7.94. The van der Waals surface area contributed by atoms with Gasteiger partial charge < -0.3 is 5.32 Å². The number of hydrogen-bond donors (Lipinski definition) is 1. The Hall–Kier alpha value is -2.24. The summed E-state index contributed by atoms with van der Waals surface area (Å²) in [6.45, 7) is 4.17. The highest BCUT2D eigenvalue weighted by atomic mass is 79.9. The third kappa shape index (κ3) is 3.17. The van der Waals surface area contributed by atoms with Gasteiger partial charge in [0.2, 0.25) is 0 Å². The number of fused-ring (bicyclic) bond motifs is 1. The third-order valence-corrected chi connectivity index (χ3v) is 5.91. The van der Waals surface area contributed by atoms with Crippen molar-refractivity contribution in [3.63, 3.8) is 0 Å². The van der Waals surface area contributed by atoms with Crippen LogP contribution in [-0.2, 0) is 0 Å². The quantitative estimate of drug-likeness (QED) is 0.420. The predicted molar refractivity (Wildman–Crippen MR) is 110 cm³/mol. The van der Waals surface area contributed by atoms with Crippen molar-refractivity contribution >= 4 is 49.0 Å². The fourth-order valence-electron chi connectivity index (χ4n) is 2.72. The van der Waals surface area contributed by atoms with Gasteiger partial charge in [0, 0.05) is 21.1 Å². The highest BCUT2D eigenvalue weighted by molar-refractivity contribution is 9.10. The summed E-state index contributed by atoms with van der Waals surface area (Å²) in [4.78, 5) is 9.92. The molecule has 0 unspecified atom stereocenters. The van der Waals surface area contributed by atoms with Crippen molar-refractivity contribution in [2.24, 2.45) is 0 Å². The molecule has 0 amide bonds. The van der Waals surface area contributed by atoms with Gasteiger partial charge in [-0.1, -0.05) is 51.8 Å². The molecule has 2 heterocycles. The Labute approximate surface area is 158 Å². The highest BCUT2D eigenvalue weighted by Crippen LogP contribution is 2.37. The maximum Gasteiger partial charge on any atom is 0.143 e. The molecule has 2 aromatic carbocycles. The lowest BCUT2D eigenvalue weighted by Gasteiger charge is -2.10. The van der Waals surface area contributed by atoms with Crippen LogP contribution in [0.4, 0.5) is 11.5 Å². The smallest absolute Gasteiger partial charge is 0.143 e. The van der Waals surface area contributed by atoms with Crippen molar-refractivity contribution < 1.29 is 0 Å². The molecule has 3 nitrogen and oxygen atoms in total. The number of anilines is 2. The van der Waals surface area contributed by atoms with Crippen molar-refractivity contribution in [1.82, 2.24) is 9.97 Å². The lowest BCUT2D eigenvalue weighted by Crippen LogP contribution is -1.96. The Bertz CT molecular complexity index is 1050. The van der Waals surface area contributed by atoms with Gasteiger partial charge in [-0.05, 0) is 37.1 Å². The van der Waals surface area contributed by atoms with Crippen LogP contribution in [0.3, 0.4) is 0 Å². The van der Waals surface area contributed by atoms with Crippen molar-refractivity contribution in [1.29, 1.82) is 0 Å². The van der Waals surface area contributed by atoms with Crippen LogP contribution < -0.4 is 5.32 Å². The Balaban J connectivity index is 1.82. The second-order valence-electron chi connectivity index (χ2n) is 6.01. The Morgan fingerprint density at radius 2 is 1.80 bits per heavy atom. The number of aromatic nitrogens is 2. The molecule has 5 heteroatoms. The van der Waals surface area contributed by atoms with Crippen LogP contribution in [0.15, 0.2) is 58.6 Å². The molecular formula is C20H16BrN3S. The van der Waals surface area contributed by atoms with E-state index in [1.807, 2.05) is 0 Å². The molecule has 0 radical (unpaired) electrons. The number of nitrogens with zero attached hydrogens (tertiary/aromatic N) is 2. The number of benzene rings is 2. The highest BCUT2D eigenvalue weighted by Gasteiger charge is 2.13. The molecule has 4 rings (SSSR count). The molecule has 0 saturated carbocycles. The Morgan fingerprint density at radius 3 is 2.56 bits per heavy atom. The van der Waals surface area contributed by atoms with E-state index in [0.717, 1.165) is 31.8 Å². The molecule has 25 heavy (non-hydrogen) atoms. The van der Waals surface area contributed by atoms with Crippen LogP contribution in [-0.4, -0.2) is 9.97 Å². The summed E-state index contributed by atoms with van der Waals surface area (Å²) in [6.07, 6.45) is 1.61. The second-order valence-corrected chi connectivity index (χ2v) is 7.72. The molecule has 124 valence electrons. The molecule has 0 saturated heterocycles. The first kappa shape index (κ1) is 16.2. The minimum atomic E-state index is 0.831. The number of thiophene rings is 1. The summed E-state index contributed by atoms with van der Waals surface area (Å²) in [5, 5.41) is 6.66. The molecule has 0 bridgehead atoms. The van der Waals surface area contributed by atoms with Gasteiger partial charge in [0.05, 0.1) is 5.39 Å². The van der Waals surface area contributed by atoms with E-state index < -0.39 is 0 Å². The second kappa shape index (κ2) is 6.58. The fourth-order valence-corrected chi connectivity index (χ4v) is 4.02. The summed E-state index contributed by atoms with van der Waals surface area (Å²) < 4.78 is 1.08. The normalized spacial score (nSPS) is 11.0. The zero-order chi connectivity index (χ0) is 17.4. The van der Waals surface area contributed by atoms with Crippen LogP contribution in [0, 0.1) is 13.8 Å². The average molecular weight is 410 g/mol. The fraction of sp³-hybridized carbons (Fsp3) is 0.100. The first-order chi connectivity index (χ1) is 12.1. The van der Waals surface area contributed by atoms with Crippen molar-refractivity contribution in [3.05, 3.63) is 69.8 Å². The molecule has 0 fully saturated rings. The Kier molecular flexibility index (Phi) is 4.27. The van der Waals surface area contributed by atoms with Gasteiger partial charge in [0.25, 0.3) is 0 Å². The maximum atomic E-state index is 4.50. The molecule has 0 atom stereocenters. The SMILES string of the molecule is Cc1ccc(-c2csc3ncnc(Nc4ccc(C)c(Br)c4)c23)cc1. The molecular weight excluding hydrogens is 394 g/mol. The number of nitrogens with one attached hydrogen (secondary N) is 1. The molecule has 0 aliphatic heterocycles. The molecule has 0 aliphatic rings. The summed E-state index contributed by atoms with van der Waals surface area (Å²) in [7, 11) is 0. The minimum absolute atomic E-state index is 0.831. The minimum Gasteiger partial charge on any atom is -0.340 e. The summed E-state index contributed by atoms with van der Waals surface area (Å²) >= 11 is 5.23. The molecule has 1 N–H and O–H groups in total. The van der Waals surface area contributed by atoms with E-state index in [2.05, 4.69) is 92.9 Å². The van der Waals surface area contributed by atoms with Crippen molar-refractivity contribution in [2.45, 2.75) is 13.8 Å². The maximum absolute atomic E-state index is 4.50. The molecule has 4 aromatic rings. The topological polar surface area (TPSA) is 37.8 Å². The molecule has 0 spiro atoms. The van der Waals surface area contributed by atoms with E-state index in [-0.39, 0.29) is 0 Å². The van der Waals surface area contributed by atoms with Crippen LogP contribution in [0.25, 0.3) is 21.3 Å². The summed E-state index contributed by atoms with van der Waals surface area (Å²) in [6, 6.07) is 14.8. The van der Waals surface area contributed by atoms with Crippen molar-refractivity contribution in [2.75, 3.05) is 5.32 Å². The van der Waals surface area contributed by atoms with Gasteiger partial charge in [-0.25, -0.2) is 9.97 Å². The van der Waals surface area contributed by atoms with Gasteiger partial charge in [0.15, 0.2) is 0 Å². The first-order valence-corrected chi connectivity index (χ1v) is 9.61. The van der Waals surface area contributed by atoms with E-state index in [0.29, 0.717) is 0 Å². The lowest BCUT2D eigenvalue weighted by molar-refractivity contribution is 1.23. The molecule has 0 aliphatic carbocycles. The van der Waals surface area contributed by atoms with Gasteiger partial charge in [-0.2, -0.15) is 0 Å². The number of rotatable bonds is 3. The van der Waals surface area contributed by atoms with E-state index in [1.165, 1.54) is 16.7 Å². The zero-order valence-corrected chi connectivity index (χ0v) is 16.3. The number of hydrogen-bond acceptors (Lipinski definition) is 4. The van der Waals surface area contributed by atoms with Crippen LogP contribution in [0.1, 0.15) is 11.1 Å². The van der Waals surface area contributed by atoms with Gasteiger partial charge in [-0.15, -0.1) is 11.3 Å². The monoisotopic (exact) mass is 409 g/mol. The standard InChI is InChI=1S/C20H16BrN3S/c1-12-3-6-14(7-4-12)16-10-25-20-18(16)19(22-11-23-20)24-15-8-5-13(2)17(21)9-15/h3-11H,1-2H3,(H,22,23,24). The number of halogens is 1. The van der Waals surface area contributed by atoms with E-state index in [1.54, 1.807) is 17.7 Å². The van der Waals surface area contributed by atoms with E-state index in [9.17, 15) is 0 Å².